The van der Waals surface area contributed by atoms with Gasteiger partial charge in [0.25, 0.3) is 0 Å². The molecule has 1 aliphatic carbocycles. The van der Waals surface area contributed by atoms with Crippen molar-refractivity contribution in [2.24, 2.45) is 11.0 Å². The normalized spacial score (nSPS) is 14.9. The minimum atomic E-state index is -0.446. The Balaban J connectivity index is 1.68. The highest BCUT2D eigenvalue weighted by Gasteiger charge is 2.20. The van der Waals surface area contributed by atoms with E-state index in [0.29, 0.717) is 16.9 Å². The van der Waals surface area contributed by atoms with Crippen LogP contribution in [0.2, 0.25) is 0 Å². The first-order valence-electron chi connectivity index (χ1n) is 9.03. The highest BCUT2D eigenvalue weighted by atomic mass is 79.9. The molecule has 1 fully saturated rings. The Kier molecular flexibility index (Phi) is 6.76. The largest absolute Gasteiger partial charge is 0.422 e. The first-order valence-corrected chi connectivity index (χ1v) is 9.82. The van der Waals surface area contributed by atoms with Crippen molar-refractivity contribution in [3.8, 4) is 5.75 Å². The quantitative estimate of drug-likeness (QED) is 0.324. The van der Waals surface area contributed by atoms with Crippen molar-refractivity contribution < 1.29 is 14.3 Å². The van der Waals surface area contributed by atoms with E-state index in [-0.39, 0.29) is 11.8 Å². The van der Waals surface area contributed by atoms with Crippen molar-refractivity contribution in [3.63, 3.8) is 0 Å². The number of benzene rings is 2. The highest BCUT2D eigenvalue weighted by Crippen LogP contribution is 2.24. The summed E-state index contributed by atoms with van der Waals surface area (Å²) < 4.78 is 6.32. The molecule has 1 aliphatic rings. The van der Waals surface area contributed by atoms with Crippen molar-refractivity contribution in [1.29, 1.82) is 0 Å². The van der Waals surface area contributed by atoms with Gasteiger partial charge in [-0.1, -0.05) is 53.4 Å². The number of amides is 1. The molecule has 3 rings (SSSR count). The van der Waals surface area contributed by atoms with Gasteiger partial charge < -0.3 is 4.74 Å². The molecule has 0 spiro atoms. The molecule has 0 aliphatic heterocycles. The Morgan fingerprint density at radius 2 is 1.81 bits per heavy atom. The third-order valence-electron chi connectivity index (χ3n) is 4.54. The lowest BCUT2D eigenvalue weighted by Gasteiger charge is -2.19. The summed E-state index contributed by atoms with van der Waals surface area (Å²) in [6.07, 6.45) is 6.71. The first-order chi connectivity index (χ1) is 13.1. The maximum Gasteiger partial charge on any atom is 0.343 e. The lowest BCUT2D eigenvalue weighted by atomic mass is 9.89. The fourth-order valence-electron chi connectivity index (χ4n) is 3.07. The first kappa shape index (κ1) is 19.3. The smallest absolute Gasteiger partial charge is 0.343 e. The van der Waals surface area contributed by atoms with Crippen LogP contribution in [0.15, 0.2) is 58.1 Å². The summed E-state index contributed by atoms with van der Waals surface area (Å²) in [5.41, 5.74) is 3.67. The predicted octanol–water partition coefficient (Wildman–Crippen LogP) is 4.70. The van der Waals surface area contributed by atoms with E-state index in [1.807, 2.05) is 6.07 Å². The van der Waals surface area contributed by atoms with Crippen LogP contribution in [0.5, 0.6) is 5.75 Å². The second kappa shape index (κ2) is 9.46. The zero-order valence-corrected chi connectivity index (χ0v) is 16.4. The van der Waals surface area contributed by atoms with E-state index in [9.17, 15) is 9.59 Å². The number of nitrogens with one attached hydrogen (secondary N) is 1. The number of hydrogen-bond acceptors (Lipinski definition) is 4. The summed E-state index contributed by atoms with van der Waals surface area (Å²) in [6, 6.07) is 14.0. The number of carbonyl (C=O) groups is 2. The van der Waals surface area contributed by atoms with Gasteiger partial charge in [-0.25, -0.2) is 10.2 Å². The molecule has 1 N–H and O–H groups in total. The lowest BCUT2D eigenvalue weighted by Crippen LogP contribution is -2.28. The van der Waals surface area contributed by atoms with Gasteiger partial charge in [-0.3, -0.25) is 4.79 Å². The second-order valence-electron chi connectivity index (χ2n) is 6.51. The Hall–Kier alpha value is -2.47. The number of ether oxygens (including phenoxy) is 1. The highest BCUT2D eigenvalue weighted by molar-refractivity contribution is 9.10. The van der Waals surface area contributed by atoms with Crippen LogP contribution in [0.3, 0.4) is 0 Å². The van der Waals surface area contributed by atoms with Crippen LogP contribution in [0.1, 0.15) is 48.0 Å². The van der Waals surface area contributed by atoms with E-state index >= 15 is 0 Å². The van der Waals surface area contributed by atoms with Crippen molar-refractivity contribution in [2.45, 2.75) is 32.1 Å². The molecular formula is C21H21BrN2O3. The molecule has 140 valence electrons. The van der Waals surface area contributed by atoms with E-state index in [2.05, 4.69) is 26.5 Å². The molecule has 6 heteroatoms. The third-order valence-corrected chi connectivity index (χ3v) is 5.03. The van der Waals surface area contributed by atoms with E-state index in [1.165, 1.54) is 12.6 Å². The molecule has 1 saturated carbocycles. The van der Waals surface area contributed by atoms with Gasteiger partial charge >= 0.3 is 5.97 Å². The van der Waals surface area contributed by atoms with Gasteiger partial charge in [0.1, 0.15) is 5.75 Å². The molecule has 0 saturated heterocycles. The summed E-state index contributed by atoms with van der Waals surface area (Å²) in [5, 5.41) is 4.06. The Morgan fingerprint density at radius 1 is 1.07 bits per heavy atom. The standard InChI is InChI=1S/C21H21BrN2O3/c22-18-11-12-19(27-21(26)16-9-5-2-6-10-16)17(13-18)14-23-24-20(25)15-7-3-1-4-8-15/h2,5-6,9-15H,1,3-4,7-8H2,(H,24,25)/b23-14+. The molecule has 27 heavy (non-hydrogen) atoms. The van der Waals surface area contributed by atoms with E-state index in [4.69, 9.17) is 4.74 Å². The van der Waals surface area contributed by atoms with Crippen LogP contribution < -0.4 is 10.2 Å². The second-order valence-corrected chi connectivity index (χ2v) is 7.42. The fourth-order valence-corrected chi connectivity index (χ4v) is 3.45. The summed E-state index contributed by atoms with van der Waals surface area (Å²) in [5.74, 6) is -0.0842. The molecule has 2 aromatic carbocycles. The Labute approximate surface area is 166 Å². The number of halogens is 1. The van der Waals surface area contributed by atoms with Gasteiger partial charge in [0.15, 0.2) is 0 Å². The van der Waals surface area contributed by atoms with Crippen LogP contribution >= 0.6 is 15.9 Å². The zero-order valence-electron chi connectivity index (χ0n) is 14.9. The topological polar surface area (TPSA) is 67.8 Å². The van der Waals surface area contributed by atoms with Gasteiger partial charge in [0.05, 0.1) is 11.8 Å². The van der Waals surface area contributed by atoms with Crippen molar-refractivity contribution in [1.82, 2.24) is 5.43 Å². The van der Waals surface area contributed by atoms with Gasteiger partial charge in [0.2, 0.25) is 5.91 Å². The molecule has 0 radical (unpaired) electrons. The van der Waals surface area contributed by atoms with Gasteiger partial charge in [-0.05, 0) is 43.2 Å². The van der Waals surface area contributed by atoms with Crippen LogP contribution in [0.4, 0.5) is 0 Å². The summed E-state index contributed by atoms with van der Waals surface area (Å²) in [4.78, 5) is 24.5. The summed E-state index contributed by atoms with van der Waals surface area (Å²) in [7, 11) is 0. The van der Waals surface area contributed by atoms with Gasteiger partial charge in [-0.2, -0.15) is 5.10 Å². The van der Waals surface area contributed by atoms with Crippen molar-refractivity contribution in [3.05, 3.63) is 64.1 Å². The number of esters is 1. The molecule has 0 aromatic heterocycles. The SMILES string of the molecule is O=C(Oc1ccc(Br)cc1/C=N/NC(=O)C1CCCCC1)c1ccccc1. The molecular weight excluding hydrogens is 408 g/mol. The predicted molar refractivity (Wildman–Crippen MR) is 108 cm³/mol. The van der Waals surface area contributed by atoms with Gasteiger partial charge in [0, 0.05) is 16.0 Å². The van der Waals surface area contributed by atoms with Crippen molar-refractivity contribution in [2.75, 3.05) is 0 Å². The Bertz CT molecular complexity index is 831. The molecule has 2 aromatic rings. The summed E-state index contributed by atoms with van der Waals surface area (Å²) >= 11 is 3.40. The number of hydrazone groups is 1. The average Bonchev–Trinajstić information content (AvgIpc) is 2.71. The van der Waals surface area contributed by atoms with Gasteiger partial charge in [-0.15, -0.1) is 0 Å². The van der Waals surface area contributed by atoms with E-state index in [1.54, 1.807) is 42.5 Å². The van der Waals surface area contributed by atoms with Crippen LogP contribution in [-0.2, 0) is 4.79 Å². The van der Waals surface area contributed by atoms with Crippen LogP contribution in [0.25, 0.3) is 0 Å². The zero-order chi connectivity index (χ0) is 19.1. The number of hydrogen-bond donors (Lipinski definition) is 1. The van der Waals surface area contributed by atoms with Crippen molar-refractivity contribution >= 4 is 34.0 Å². The summed E-state index contributed by atoms with van der Waals surface area (Å²) in [6.45, 7) is 0. The number of nitrogens with zero attached hydrogens (tertiary/aromatic N) is 1. The maximum absolute atomic E-state index is 12.3. The minimum absolute atomic E-state index is 0.0359. The third kappa shape index (κ3) is 5.50. The Morgan fingerprint density at radius 3 is 2.56 bits per heavy atom. The molecule has 5 nitrogen and oxygen atoms in total. The lowest BCUT2D eigenvalue weighted by molar-refractivity contribution is -0.125. The van der Waals surface area contributed by atoms with Crippen LogP contribution in [0, 0.1) is 5.92 Å². The monoisotopic (exact) mass is 428 g/mol. The molecule has 0 atom stereocenters. The number of rotatable bonds is 5. The maximum atomic E-state index is 12.3. The van der Waals surface area contributed by atoms with E-state index in [0.717, 1.165) is 30.2 Å². The minimum Gasteiger partial charge on any atom is -0.422 e. The molecule has 0 unspecified atom stereocenters. The fraction of sp³-hybridized carbons (Fsp3) is 0.286. The molecule has 1 amide bonds. The average molecular weight is 429 g/mol. The van der Waals surface area contributed by atoms with Crippen LogP contribution in [-0.4, -0.2) is 18.1 Å². The van der Waals surface area contributed by atoms with E-state index < -0.39 is 5.97 Å². The molecule has 0 heterocycles. The molecule has 0 bridgehead atoms. The number of carbonyl (C=O) groups excluding carboxylic acids is 2.